The second-order valence-electron chi connectivity index (χ2n) is 9.59. The quantitative estimate of drug-likeness (QED) is 0.211. The van der Waals surface area contributed by atoms with Crippen LogP contribution in [0.15, 0.2) is 78.9 Å². The number of carbonyl (C=O) groups is 1. The van der Waals surface area contributed by atoms with Crippen LogP contribution in [0.25, 0.3) is 10.5 Å². The van der Waals surface area contributed by atoms with Crippen molar-refractivity contribution in [3.05, 3.63) is 118 Å². The average Bonchev–Trinajstić information content (AvgIpc) is 3.67. The molecule has 1 aliphatic carbocycles. The number of Topliss-reactive ketones (excluding diaryl/α,β-unsaturated/α-hetero) is 1. The van der Waals surface area contributed by atoms with Gasteiger partial charge in [0.1, 0.15) is 11.4 Å². The van der Waals surface area contributed by atoms with Gasteiger partial charge in [0, 0.05) is 12.0 Å². The Balaban J connectivity index is 1.43. The van der Waals surface area contributed by atoms with Crippen LogP contribution in [0, 0.1) is 19.4 Å². The summed E-state index contributed by atoms with van der Waals surface area (Å²) in [6.07, 6.45) is 2.79. The van der Waals surface area contributed by atoms with Crippen molar-refractivity contribution in [1.82, 2.24) is 15.1 Å². The third kappa shape index (κ3) is 5.63. The minimum atomic E-state index is -0.0315. The van der Waals surface area contributed by atoms with Crippen LogP contribution in [-0.4, -0.2) is 29.2 Å². The van der Waals surface area contributed by atoms with E-state index >= 15 is 0 Å². The van der Waals surface area contributed by atoms with Gasteiger partial charge in [0.25, 0.3) is 0 Å². The third-order valence-electron chi connectivity index (χ3n) is 6.73. The molecule has 1 atom stereocenters. The highest BCUT2D eigenvalue weighted by Crippen LogP contribution is 2.33. The van der Waals surface area contributed by atoms with E-state index in [0.717, 1.165) is 40.6 Å². The topological polar surface area (TPSA) is 60.5 Å². The van der Waals surface area contributed by atoms with Gasteiger partial charge < -0.3 is 10.1 Å². The number of para-hydroxylation sites is 1. The molecule has 5 rings (SSSR count). The lowest BCUT2D eigenvalue weighted by Gasteiger charge is -2.22. The molecule has 1 fully saturated rings. The first kappa shape index (κ1) is 24.5. The summed E-state index contributed by atoms with van der Waals surface area (Å²) in [5.41, 5.74) is 5.62. The molecule has 1 unspecified atom stereocenters. The van der Waals surface area contributed by atoms with E-state index in [2.05, 4.69) is 33.5 Å². The van der Waals surface area contributed by atoms with Crippen LogP contribution in [0.3, 0.4) is 0 Å². The molecule has 37 heavy (non-hydrogen) atoms. The number of ketones is 1. The van der Waals surface area contributed by atoms with Gasteiger partial charge in [-0.3, -0.25) is 4.79 Å². The molecule has 4 aromatic rings. The number of aromatic nitrogens is 2. The molecule has 6 heteroatoms. The van der Waals surface area contributed by atoms with Gasteiger partial charge in [-0.25, -0.2) is 9.53 Å². The van der Waals surface area contributed by atoms with E-state index < -0.39 is 0 Å². The molecule has 1 saturated carbocycles. The molecule has 186 valence electrons. The molecule has 0 bridgehead atoms. The molecule has 0 spiro atoms. The molecule has 1 heterocycles. The number of benzene rings is 3. The molecule has 1 N–H and O–H groups in total. The van der Waals surface area contributed by atoms with Crippen molar-refractivity contribution in [1.29, 1.82) is 0 Å². The highest BCUT2D eigenvalue weighted by Gasteiger charge is 2.25. The first-order chi connectivity index (χ1) is 18.1. The zero-order chi connectivity index (χ0) is 25.8. The minimum Gasteiger partial charge on any atom is -0.496 e. The number of aryl methyl sites for hydroxylation is 1. The second kappa shape index (κ2) is 10.8. The Morgan fingerprint density at radius 3 is 2.70 bits per heavy atom. The van der Waals surface area contributed by atoms with Gasteiger partial charge >= 0.3 is 0 Å². The Hall–Kier alpha value is -4.21. The Labute approximate surface area is 217 Å². The van der Waals surface area contributed by atoms with Crippen molar-refractivity contribution >= 4 is 11.5 Å². The summed E-state index contributed by atoms with van der Waals surface area (Å²) in [5, 5.41) is 8.28. The van der Waals surface area contributed by atoms with Crippen LogP contribution >= 0.6 is 0 Å². The summed E-state index contributed by atoms with van der Waals surface area (Å²) in [4.78, 5) is 17.0. The maximum absolute atomic E-state index is 13.5. The number of carbonyl (C=O) groups excluding carboxylic acids is 1. The van der Waals surface area contributed by atoms with Crippen molar-refractivity contribution < 1.29 is 9.53 Å². The predicted molar refractivity (Wildman–Crippen MR) is 145 cm³/mol. The molecule has 0 saturated heterocycles. The molecule has 1 aliphatic rings. The molecular weight excluding hydrogens is 460 g/mol. The van der Waals surface area contributed by atoms with Crippen LogP contribution < -0.4 is 10.1 Å². The molecular formula is C31H30N4O2. The van der Waals surface area contributed by atoms with E-state index in [4.69, 9.17) is 11.3 Å². The average molecular weight is 491 g/mol. The number of nitrogens with zero attached hydrogens (tertiary/aromatic N) is 3. The van der Waals surface area contributed by atoms with E-state index in [1.54, 1.807) is 23.9 Å². The fraction of sp³-hybridized carbons (Fsp3) is 0.258. The maximum atomic E-state index is 13.5. The van der Waals surface area contributed by atoms with Crippen molar-refractivity contribution in [3.63, 3.8) is 0 Å². The Bertz CT molecular complexity index is 1460. The third-order valence-corrected chi connectivity index (χ3v) is 6.73. The molecule has 6 nitrogen and oxygen atoms in total. The lowest BCUT2D eigenvalue weighted by Crippen LogP contribution is -2.25. The Morgan fingerprint density at radius 2 is 1.92 bits per heavy atom. The van der Waals surface area contributed by atoms with Gasteiger partial charge in [-0.15, -0.1) is 0 Å². The summed E-state index contributed by atoms with van der Waals surface area (Å²) in [5.74, 6) is 1.55. The summed E-state index contributed by atoms with van der Waals surface area (Å²) >= 11 is 0. The highest BCUT2D eigenvalue weighted by molar-refractivity contribution is 5.96. The fourth-order valence-electron chi connectivity index (χ4n) is 4.67. The van der Waals surface area contributed by atoms with E-state index in [0.29, 0.717) is 17.1 Å². The van der Waals surface area contributed by atoms with Gasteiger partial charge in [-0.2, -0.15) is 5.10 Å². The van der Waals surface area contributed by atoms with E-state index in [1.807, 2.05) is 55.5 Å². The number of rotatable bonds is 10. The van der Waals surface area contributed by atoms with Gasteiger partial charge in [-0.1, -0.05) is 54.6 Å². The van der Waals surface area contributed by atoms with E-state index in [9.17, 15) is 4.79 Å². The zero-order valence-corrected chi connectivity index (χ0v) is 21.1. The van der Waals surface area contributed by atoms with Gasteiger partial charge in [0.05, 0.1) is 31.1 Å². The predicted octanol–water partition coefficient (Wildman–Crippen LogP) is 6.25. The van der Waals surface area contributed by atoms with Crippen LogP contribution in [0.1, 0.15) is 51.8 Å². The number of hydrogen-bond donors (Lipinski definition) is 1. The standard InChI is InChI=1S/C31H30N4O2/c1-21-16-28(35(34-21)26-11-7-10-25(19-26)32-2)29(36)18-23-8-6-9-24(17-23)31(33-20-22-14-15-22)27-12-4-5-13-30(27)37-3/h4-13,16-17,19,22,31,33H,14-15,18,20H2,1,3H3. The molecule has 0 aliphatic heterocycles. The van der Waals surface area contributed by atoms with E-state index in [-0.39, 0.29) is 18.2 Å². The lowest BCUT2D eigenvalue weighted by atomic mass is 9.94. The first-order valence-corrected chi connectivity index (χ1v) is 12.6. The van der Waals surface area contributed by atoms with Gasteiger partial charge in [0.15, 0.2) is 11.5 Å². The summed E-state index contributed by atoms with van der Waals surface area (Å²) < 4.78 is 7.32. The summed E-state index contributed by atoms with van der Waals surface area (Å²) in [6, 6.07) is 25.3. The SMILES string of the molecule is [C-]#[N+]c1cccc(-n2nc(C)cc2C(=O)Cc2cccc(C(NCC3CC3)c3ccccc3OC)c2)c1. The molecule has 1 aromatic heterocycles. The number of ether oxygens (including phenoxy) is 1. The second-order valence-corrected chi connectivity index (χ2v) is 9.59. The van der Waals surface area contributed by atoms with Crippen molar-refractivity contribution in [3.8, 4) is 11.4 Å². The fourth-order valence-corrected chi connectivity index (χ4v) is 4.67. The van der Waals surface area contributed by atoms with Crippen molar-refractivity contribution in [2.75, 3.05) is 13.7 Å². The number of hydrogen-bond acceptors (Lipinski definition) is 4. The first-order valence-electron chi connectivity index (χ1n) is 12.6. The lowest BCUT2D eigenvalue weighted by molar-refractivity contribution is 0.0985. The molecule has 3 aromatic carbocycles. The van der Waals surface area contributed by atoms with Crippen LogP contribution in [-0.2, 0) is 6.42 Å². The van der Waals surface area contributed by atoms with E-state index in [1.165, 1.54) is 12.8 Å². The highest BCUT2D eigenvalue weighted by atomic mass is 16.5. The largest absolute Gasteiger partial charge is 0.496 e. The summed E-state index contributed by atoms with van der Waals surface area (Å²) in [6.45, 7) is 10.1. The van der Waals surface area contributed by atoms with Crippen molar-refractivity contribution in [2.24, 2.45) is 5.92 Å². The van der Waals surface area contributed by atoms with Crippen molar-refractivity contribution in [2.45, 2.75) is 32.2 Å². The molecule has 0 radical (unpaired) electrons. The minimum absolute atomic E-state index is 0.0225. The number of nitrogens with one attached hydrogen (secondary N) is 1. The van der Waals surface area contributed by atoms with Gasteiger partial charge in [-0.05, 0) is 67.6 Å². The monoisotopic (exact) mass is 490 g/mol. The maximum Gasteiger partial charge on any atom is 0.189 e. The van der Waals surface area contributed by atoms with Crippen LogP contribution in [0.2, 0.25) is 0 Å². The Kier molecular flexibility index (Phi) is 7.16. The Morgan fingerprint density at radius 1 is 1.11 bits per heavy atom. The van der Waals surface area contributed by atoms with Gasteiger partial charge in [0.2, 0.25) is 0 Å². The zero-order valence-electron chi connectivity index (χ0n) is 21.1. The van der Waals surface area contributed by atoms with Crippen LogP contribution in [0.4, 0.5) is 5.69 Å². The smallest absolute Gasteiger partial charge is 0.189 e. The summed E-state index contributed by atoms with van der Waals surface area (Å²) in [7, 11) is 1.70. The van der Waals surface area contributed by atoms with Crippen LogP contribution in [0.5, 0.6) is 5.75 Å². The normalized spacial score (nSPS) is 13.6. The number of methoxy groups -OCH3 is 1. The molecule has 0 amide bonds.